The van der Waals surface area contributed by atoms with E-state index in [0.29, 0.717) is 21.5 Å². The monoisotopic (exact) mass is 288 g/mol. The maximum atomic E-state index is 11.0. The van der Waals surface area contributed by atoms with Gasteiger partial charge in [0, 0.05) is 5.56 Å². The molecule has 0 bridgehead atoms. The second-order valence-corrected chi connectivity index (χ2v) is 4.15. The van der Waals surface area contributed by atoms with Gasteiger partial charge in [-0.15, -0.1) is 0 Å². The fourth-order valence-electron chi connectivity index (χ4n) is 1.38. The number of methoxy groups -OCH3 is 2. The molecule has 5 heteroatoms. The van der Waals surface area contributed by atoms with E-state index < -0.39 is 11.9 Å². The molecular formula is C11H13BrO4. The molecule has 1 N–H and O–H groups in total. The number of carbonyl (C=O) groups is 1. The van der Waals surface area contributed by atoms with E-state index in [9.17, 15) is 4.79 Å². The van der Waals surface area contributed by atoms with Crippen molar-refractivity contribution >= 4 is 21.9 Å². The maximum absolute atomic E-state index is 11.0. The van der Waals surface area contributed by atoms with E-state index in [4.69, 9.17) is 14.6 Å². The molecule has 0 aromatic heterocycles. The first-order valence-corrected chi connectivity index (χ1v) is 5.44. The standard InChI is InChI=1S/C11H13BrO4/c1-6(11(13)14)8-4-7(15-2)5-9(12)10(8)16-3/h4-6H,1-3H3,(H,13,14). The van der Waals surface area contributed by atoms with Crippen molar-refractivity contribution in [3.63, 3.8) is 0 Å². The largest absolute Gasteiger partial charge is 0.497 e. The molecule has 0 heterocycles. The minimum absolute atomic E-state index is 0.524. The van der Waals surface area contributed by atoms with Crippen molar-refractivity contribution in [3.8, 4) is 11.5 Å². The van der Waals surface area contributed by atoms with Gasteiger partial charge in [-0.3, -0.25) is 4.79 Å². The number of carboxylic acids is 1. The number of carboxylic acid groups (broad SMARTS) is 1. The predicted octanol–water partition coefficient (Wildman–Crippen LogP) is 2.65. The van der Waals surface area contributed by atoms with E-state index in [2.05, 4.69) is 15.9 Å². The predicted molar refractivity (Wildman–Crippen MR) is 63.3 cm³/mol. The fraction of sp³-hybridized carbons (Fsp3) is 0.364. The summed E-state index contributed by atoms with van der Waals surface area (Å²) in [7, 11) is 3.04. The summed E-state index contributed by atoms with van der Waals surface area (Å²) in [6, 6.07) is 3.40. The Morgan fingerprint density at radius 2 is 2.00 bits per heavy atom. The van der Waals surface area contributed by atoms with Crippen molar-refractivity contribution in [1.82, 2.24) is 0 Å². The van der Waals surface area contributed by atoms with Crippen LogP contribution in [0.15, 0.2) is 16.6 Å². The van der Waals surface area contributed by atoms with Gasteiger partial charge in [-0.2, -0.15) is 0 Å². The van der Waals surface area contributed by atoms with Crippen molar-refractivity contribution in [1.29, 1.82) is 0 Å². The number of hydrogen-bond acceptors (Lipinski definition) is 3. The molecular weight excluding hydrogens is 276 g/mol. The number of aliphatic carboxylic acids is 1. The van der Waals surface area contributed by atoms with Gasteiger partial charge in [-0.05, 0) is 35.0 Å². The van der Waals surface area contributed by atoms with E-state index >= 15 is 0 Å². The SMILES string of the molecule is COc1cc(Br)c(OC)c(C(C)C(=O)O)c1. The zero-order chi connectivity index (χ0) is 12.3. The Morgan fingerprint density at radius 3 is 2.44 bits per heavy atom. The summed E-state index contributed by atoms with van der Waals surface area (Å²) in [6.45, 7) is 1.60. The zero-order valence-corrected chi connectivity index (χ0v) is 10.9. The second-order valence-electron chi connectivity index (χ2n) is 3.29. The van der Waals surface area contributed by atoms with Gasteiger partial charge in [0.25, 0.3) is 0 Å². The van der Waals surface area contributed by atoms with Crippen LogP contribution in [0, 0.1) is 0 Å². The van der Waals surface area contributed by atoms with Gasteiger partial charge < -0.3 is 14.6 Å². The lowest BCUT2D eigenvalue weighted by atomic mass is 10.00. The molecule has 16 heavy (non-hydrogen) atoms. The number of ether oxygens (including phenoxy) is 2. The van der Waals surface area contributed by atoms with Crippen LogP contribution < -0.4 is 9.47 Å². The molecule has 0 radical (unpaired) electrons. The Balaban J connectivity index is 3.33. The smallest absolute Gasteiger partial charge is 0.310 e. The van der Waals surface area contributed by atoms with Crippen LogP contribution in [0.25, 0.3) is 0 Å². The van der Waals surface area contributed by atoms with Crippen LogP contribution >= 0.6 is 15.9 Å². The lowest BCUT2D eigenvalue weighted by Gasteiger charge is -2.15. The van der Waals surface area contributed by atoms with Crippen LogP contribution in [-0.2, 0) is 4.79 Å². The molecule has 0 aliphatic carbocycles. The van der Waals surface area contributed by atoms with E-state index in [1.54, 1.807) is 19.1 Å². The van der Waals surface area contributed by atoms with Crippen LogP contribution in [0.5, 0.6) is 11.5 Å². The normalized spacial score (nSPS) is 12.0. The first-order chi connectivity index (χ1) is 7.51. The number of benzene rings is 1. The third kappa shape index (κ3) is 2.47. The lowest BCUT2D eigenvalue weighted by molar-refractivity contribution is -0.138. The van der Waals surface area contributed by atoms with E-state index in [-0.39, 0.29) is 0 Å². The van der Waals surface area contributed by atoms with Crippen LogP contribution in [0.3, 0.4) is 0 Å². The highest BCUT2D eigenvalue weighted by Gasteiger charge is 2.21. The molecule has 0 spiro atoms. The molecule has 1 aromatic carbocycles. The molecule has 0 aliphatic heterocycles. The first-order valence-electron chi connectivity index (χ1n) is 4.65. The molecule has 1 aromatic rings. The summed E-state index contributed by atoms with van der Waals surface area (Å²) in [5.74, 6) is -0.439. The molecule has 1 unspecified atom stereocenters. The summed E-state index contributed by atoms with van der Waals surface area (Å²) in [5, 5.41) is 9.00. The number of hydrogen-bond donors (Lipinski definition) is 1. The Hall–Kier alpha value is -1.23. The number of rotatable bonds is 4. The topological polar surface area (TPSA) is 55.8 Å². The van der Waals surface area contributed by atoms with E-state index in [1.165, 1.54) is 14.2 Å². The third-order valence-corrected chi connectivity index (χ3v) is 2.91. The van der Waals surface area contributed by atoms with Crippen LogP contribution in [0.1, 0.15) is 18.4 Å². The van der Waals surface area contributed by atoms with Gasteiger partial charge in [0.05, 0.1) is 24.6 Å². The molecule has 1 atom stereocenters. The highest BCUT2D eigenvalue weighted by Crippen LogP contribution is 2.37. The van der Waals surface area contributed by atoms with Gasteiger partial charge in [-0.25, -0.2) is 0 Å². The Bertz CT molecular complexity index is 403. The van der Waals surface area contributed by atoms with Gasteiger partial charge in [-0.1, -0.05) is 0 Å². The molecule has 0 saturated carbocycles. The molecule has 1 rings (SSSR count). The number of halogens is 1. The highest BCUT2D eigenvalue weighted by atomic mass is 79.9. The summed E-state index contributed by atoms with van der Waals surface area (Å²) in [4.78, 5) is 11.0. The van der Waals surface area contributed by atoms with Gasteiger partial charge >= 0.3 is 5.97 Å². The molecule has 88 valence electrons. The van der Waals surface area contributed by atoms with Crippen molar-refractivity contribution in [2.24, 2.45) is 0 Å². The van der Waals surface area contributed by atoms with Crippen LogP contribution in [0.2, 0.25) is 0 Å². The van der Waals surface area contributed by atoms with Crippen molar-refractivity contribution < 1.29 is 19.4 Å². The summed E-state index contributed by atoms with van der Waals surface area (Å²) < 4.78 is 10.9. The van der Waals surface area contributed by atoms with Crippen molar-refractivity contribution in [2.75, 3.05) is 14.2 Å². The average molecular weight is 289 g/mol. The molecule has 0 saturated heterocycles. The van der Waals surface area contributed by atoms with Crippen LogP contribution in [0.4, 0.5) is 0 Å². The fourth-order valence-corrected chi connectivity index (χ4v) is 1.99. The van der Waals surface area contributed by atoms with Gasteiger partial charge in [0.2, 0.25) is 0 Å². The molecule has 0 aliphatic rings. The second kappa shape index (κ2) is 5.21. The van der Waals surface area contributed by atoms with Gasteiger partial charge in [0.1, 0.15) is 11.5 Å². The first kappa shape index (κ1) is 12.8. The Kier molecular flexibility index (Phi) is 4.18. The Morgan fingerprint density at radius 1 is 1.38 bits per heavy atom. The molecule has 0 amide bonds. The van der Waals surface area contributed by atoms with Crippen LogP contribution in [-0.4, -0.2) is 25.3 Å². The van der Waals surface area contributed by atoms with E-state index in [0.717, 1.165) is 0 Å². The van der Waals surface area contributed by atoms with E-state index in [1.807, 2.05) is 0 Å². The molecule has 0 fully saturated rings. The summed E-state index contributed by atoms with van der Waals surface area (Å²) in [6.07, 6.45) is 0. The lowest BCUT2D eigenvalue weighted by Crippen LogP contribution is -2.09. The highest BCUT2D eigenvalue weighted by molar-refractivity contribution is 9.10. The van der Waals surface area contributed by atoms with Gasteiger partial charge in [0.15, 0.2) is 0 Å². The average Bonchev–Trinajstić information content (AvgIpc) is 2.26. The van der Waals surface area contributed by atoms with Crippen molar-refractivity contribution in [2.45, 2.75) is 12.8 Å². The third-order valence-electron chi connectivity index (χ3n) is 2.32. The quantitative estimate of drug-likeness (QED) is 0.925. The minimum Gasteiger partial charge on any atom is -0.497 e. The summed E-state index contributed by atoms with van der Waals surface area (Å²) >= 11 is 3.32. The van der Waals surface area contributed by atoms with Crippen molar-refractivity contribution in [3.05, 3.63) is 22.2 Å². The summed E-state index contributed by atoms with van der Waals surface area (Å²) in [5.41, 5.74) is 0.584. The maximum Gasteiger partial charge on any atom is 0.310 e. The minimum atomic E-state index is -0.904. The Labute approximate surface area is 102 Å². The zero-order valence-electron chi connectivity index (χ0n) is 9.28. The molecule has 4 nitrogen and oxygen atoms in total.